The molecule has 0 bridgehead atoms. The number of benzene rings is 1. The Bertz CT molecular complexity index is 322. The first kappa shape index (κ1) is 10.8. The molecule has 1 rings (SSSR count). The van der Waals surface area contributed by atoms with Crippen molar-refractivity contribution in [3.05, 3.63) is 35.4 Å². The quantitative estimate of drug-likeness (QED) is 0.707. The highest BCUT2D eigenvalue weighted by molar-refractivity contribution is 5.37. The number of aryl methyl sites for hydroxylation is 1. The second-order valence-corrected chi connectivity index (χ2v) is 3.82. The zero-order chi connectivity index (χ0) is 10.4. The fraction of sp³-hybridized carbons (Fsp3) is 0.462. The molecule has 1 aromatic carbocycles. The minimum atomic E-state index is 0.752. The van der Waals surface area contributed by atoms with Gasteiger partial charge in [-0.3, -0.25) is 0 Å². The lowest BCUT2D eigenvalue weighted by Crippen LogP contribution is -1.97. The lowest BCUT2D eigenvalue weighted by molar-refractivity contribution is 0.516. The molecule has 1 unspecified atom stereocenters. The van der Waals surface area contributed by atoms with E-state index < -0.39 is 0 Å². The maximum absolute atomic E-state index is 8.89. The Balaban J connectivity index is 2.63. The van der Waals surface area contributed by atoms with Crippen molar-refractivity contribution in [2.75, 3.05) is 0 Å². The molecule has 0 amide bonds. The average Bonchev–Trinajstić information content (AvgIpc) is 2.26. The van der Waals surface area contributed by atoms with Gasteiger partial charge < -0.3 is 0 Å². The third-order valence-electron chi connectivity index (χ3n) is 2.74. The van der Waals surface area contributed by atoms with Crippen LogP contribution in [0, 0.1) is 17.2 Å². The topological polar surface area (TPSA) is 23.8 Å². The van der Waals surface area contributed by atoms with Crippen LogP contribution in [0.5, 0.6) is 0 Å². The molecule has 0 aromatic heterocycles. The molecule has 74 valence electrons. The van der Waals surface area contributed by atoms with E-state index in [2.05, 4.69) is 26.0 Å². The van der Waals surface area contributed by atoms with Gasteiger partial charge in [0.15, 0.2) is 0 Å². The van der Waals surface area contributed by atoms with E-state index in [1.165, 1.54) is 18.4 Å². The van der Waals surface area contributed by atoms with Crippen molar-refractivity contribution < 1.29 is 0 Å². The van der Waals surface area contributed by atoms with Crippen LogP contribution < -0.4 is 0 Å². The Morgan fingerprint density at radius 3 is 2.71 bits per heavy atom. The second kappa shape index (κ2) is 5.44. The Hall–Kier alpha value is -1.29. The van der Waals surface area contributed by atoms with Crippen molar-refractivity contribution in [3.8, 4) is 6.07 Å². The lowest BCUT2D eigenvalue weighted by Gasteiger charge is -2.08. The predicted molar refractivity (Wildman–Crippen MR) is 58.9 cm³/mol. The SMILES string of the molecule is CCC(C)CCc1ccccc1C#N. The van der Waals surface area contributed by atoms with Crippen LogP contribution in [0.2, 0.25) is 0 Å². The van der Waals surface area contributed by atoms with Crippen LogP contribution in [-0.2, 0) is 6.42 Å². The molecule has 1 heteroatoms. The molecule has 1 atom stereocenters. The van der Waals surface area contributed by atoms with E-state index in [-0.39, 0.29) is 0 Å². The molecule has 14 heavy (non-hydrogen) atoms. The van der Waals surface area contributed by atoms with Gasteiger partial charge in [-0.2, -0.15) is 5.26 Å². The average molecular weight is 187 g/mol. The number of hydrogen-bond acceptors (Lipinski definition) is 1. The summed E-state index contributed by atoms with van der Waals surface area (Å²) >= 11 is 0. The van der Waals surface area contributed by atoms with Crippen LogP contribution in [0.25, 0.3) is 0 Å². The Kier molecular flexibility index (Phi) is 4.19. The van der Waals surface area contributed by atoms with Crippen LogP contribution in [0.4, 0.5) is 0 Å². The van der Waals surface area contributed by atoms with Crippen molar-refractivity contribution in [1.29, 1.82) is 5.26 Å². The third-order valence-corrected chi connectivity index (χ3v) is 2.74. The van der Waals surface area contributed by atoms with Gasteiger partial charge in [-0.1, -0.05) is 38.5 Å². The van der Waals surface area contributed by atoms with E-state index in [1.54, 1.807) is 0 Å². The maximum atomic E-state index is 8.89. The first-order valence-corrected chi connectivity index (χ1v) is 5.26. The molecule has 1 aromatic rings. The van der Waals surface area contributed by atoms with Gasteiger partial charge in [0.2, 0.25) is 0 Å². The van der Waals surface area contributed by atoms with Crippen LogP contribution in [-0.4, -0.2) is 0 Å². The number of rotatable bonds is 4. The summed E-state index contributed by atoms with van der Waals surface area (Å²) in [5.74, 6) is 0.752. The molecule has 0 aliphatic carbocycles. The predicted octanol–water partition coefficient (Wildman–Crippen LogP) is 3.54. The third kappa shape index (κ3) is 2.88. The Morgan fingerprint density at radius 1 is 1.36 bits per heavy atom. The molecule has 0 saturated carbocycles. The van der Waals surface area contributed by atoms with E-state index in [0.29, 0.717) is 0 Å². The molecule has 1 nitrogen and oxygen atoms in total. The first-order chi connectivity index (χ1) is 6.77. The van der Waals surface area contributed by atoms with Crippen molar-refractivity contribution in [1.82, 2.24) is 0 Å². The van der Waals surface area contributed by atoms with E-state index in [1.807, 2.05) is 18.2 Å². The van der Waals surface area contributed by atoms with Gasteiger partial charge in [-0.15, -0.1) is 0 Å². The number of hydrogen-bond donors (Lipinski definition) is 0. The standard InChI is InChI=1S/C13H17N/c1-3-11(2)8-9-12-6-4-5-7-13(12)10-14/h4-7,11H,3,8-9H2,1-2H3. The highest BCUT2D eigenvalue weighted by Crippen LogP contribution is 2.15. The molecule has 0 aliphatic heterocycles. The lowest BCUT2D eigenvalue weighted by atomic mass is 9.97. The molecule has 0 radical (unpaired) electrons. The highest BCUT2D eigenvalue weighted by atomic mass is 14.2. The summed E-state index contributed by atoms with van der Waals surface area (Å²) < 4.78 is 0. The van der Waals surface area contributed by atoms with E-state index in [9.17, 15) is 0 Å². The van der Waals surface area contributed by atoms with Gasteiger partial charge in [-0.25, -0.2) is 0 Å². The smallest absolute Gasteiger partial charge is 0.0994 e. The number of nitrogens with zero attached hydrogens (tertiary/aromatic N) is 1. The van der Waals surface area contributed by atoms with Crippen LogP contribution >= 0.6 is 0 Å². The van der Waals surface area contributed by atoms with E-state index >= 15 is 0 Å². The summed E-state index contributed by atoms with van der Waals surface area (Å²) in [7, 11) is 0. The minimum absolute atomic E-state index is 0.752. The molecule has 0 spiro atoms. The minimum Gasteiger partial charge on any atom is -0.192 e. The molecule has 0 aliphatic rings. The molecular weight excluding hydrogens is 170 g/mol. The zero-order valence-corrected chi connectivity index (χ0v) is 8.96. The van der Waals surface area contributed by atoms with Gasteiger partial charge in [0.05, 0.1) is 11.6 Å². The fourth-order valence-electron chi connectivity index (χ4n) is 1.45. The Labute approximate surface area is 86.4 Å². The fourth-order valence-corrected chi connectivity index (χ4v) is 1.45. The normalized spacial score (nSPS) is 12.1. The first-order valence-electron chi connectivity index (χ1n) is 5.26. The summed E-state index contributed by atoms with van der Waals surface area (Å²) in [6.45, 7) is 4.47. The van der Waals surface area contributed by atoms with Gasteiger partial charge in [0, 0.05) is 0 Å². The van der Waals surface area contributed by atoms with Crippen molar-refractivity contribution >= 4 is 0 Å². The second-order valence-electron chi connectivity index (χ2n) is 3.82. The molecule has 0 N–H and O–H groups in total. The summed E-state index contributed by atoms with van der Waals surface area (Å²) in [6.07, 6.45) is 3.42. The van der Waals surface area contributed by atoms with Gasteiger partial charge in [0.25, 0.3) is 0 Å². The zero-order valence-electron chi connectivity index (χ0n) is 8.96. The van der Waals surface area contributed by atoms with Gasteiger partial charge >= 0.3 is 0 Å². The van der Waals surface area contributed by atoms with Gasteiger partial charge in [0.1, 0.15) is 0 Å². The van der Waals surface area contributed by atoms with Gasteiger partial charge in [-0.05, 0) is 30.4 Å². The van der Waals surface area contributed by atoms with Crippen molar-refractivity contribution in [2.45, 2.75) is 33.1 Å². The maximum Gasteiger partial charge on any atom is 0.0994 e. The van der Waals surface area contributed by atoms with Crippen molar-refractivity contribution in [2.24, 2.45) is 5.92 Å². The largest absolute Gasteiger partial charge is 0.192 e. The monoisotopic (exact) mass is 187 g/mol. The number of nitriles is 1. The molecular formula is C13H17N. The highest BCUT2D eigenvalue weighted by Gasteiger charge is 2.03. The van der Waals surface area contributed by atoms with Crippen LogP contribution in [0.1, 0.15) is 37.8 Å². The summed E-state index contributed by atoms with van der Waals surface area (Å²) in [5.41, 5.74) is 2.02. The summed E-state index contributed by atoms with van der Waals surface area (Å²) in [5, 5.41) is 8.89. The van der Waals surface area contributed by atoms with E-state index in [0.717, 1.165) is 17.9 Å². The Morgan fingerprint density at radius 2 is 2.07 bits per heavy atom. The van der Waals surface area contributed by atoms with Crippen LogP contribution in [0.15, 0.2) is 24.3 Å². The van der Waals surface area contributed by atoms with E-state index in [4.69, 9.17) is 5.26 Å². The molecule has 0 heterocycles. The van der Waals surface area contributed by atoms with Crippen molar-refractivity contribution in [3.63, 3.8) is 0 Å². The van der Waals surface area contributed by atoms with Crippen LogP contribution in [0.3, 0.4) is 0 Å². The summed E-state index contributed by atoms with van der Waals surface area (Å²) in [6, 6.07) is 10.1. The molecule has 0 fully saturated rings. The summed E-state index contributed by atoms with van der Waals surface area (Å²) in [4.78, 5) is 0. The molecule has 0 saturated heterocycles.